The molecule has 1 aromatic heterocycles. The number of nitro groups is 1. The lowest BCUT2D eigenvalue weighted by Crippen LogP contribution is -2.25. The lowest BCUT2D eigenvalue weighted by Gasteiger charge is -2.09. The van der Waals surface area contributed by atoms with Crippen LogP contribution in [0.2, 0.25) is 0 Å². The maximum atomic E-state index is 11.4. The van der Waals surface area contributed by atoms with Crippen molar-refractivity contribution in [3.63, 3.8) is 0 Å². The Kier molecular flexibility index (Phi) is 6.24. The molecule has 0 aliphatic carbocycles. The van der Waals surface area contributed by atoms with E-state index in [0.717, 1.165) is 11.1 Å². The van der Waals surface area contributed by atoms with Crippen molar-refractivity contribution in [3.05, 3.63) is 57.0 Å². The summed E-state index contributed by atoms with van der Waals surface area (Å²) in [5.74, 6) is -0.151. The first kappa shape index (κ1) is 19.3. The minimum Gasteiger partial charge on any atom is -0.464 e. The zero-order chi connectivity index (χ0) is 19.3. The predicted molar refractivity (Wildman–Crippen MR) is 96.3 cm³/mol. The van der Waals surface area contributed by atoms with Gasteiger partial charge in [-0.1, -0.05) is 30.3 Å². The van der Waals surface area contributed by atoms with Crippen molar-refractivity contribution in [2.24, 2.45) is 7.05 Å². The summed E-state index contributed by atoms with van der Waals surface area (Å²) >= 11 is 0. The third-order valence-electron chi connectivity index (χ3n) is 3.89. The van der Waals surface area contributed by atoms with Crippen molar-refractivity contribution in [2.75, 3.05) is 6.61 Å². The molecule has 1 N–H and O–H groups in total. The number of ether oxygens (including phenoxy) is 1. The van der Waals surface area contributed by atoms with Gasteiger partial charge in [-0.25, -0.2) is 14.3 Å². The molecule has 0 amide bonds. The molecule has 2 rings (SSSR count). The van der Waals surface area contributed by atoms with E-state index in [9.17, 15) is 20.0 Å². The van der Waals surface area contributed by atoms with Crippen LogP contribution in [0.25, 0.3) is 12.2 Å². The maximum absolute atomic E-state index is 11.4. The average Bonchev–Trinajstić information content (AvgIpc) is 2.89. The van der Waals surface area contributed by atoms with Gasteiger partial charge < -0.3 is 20.0 Å². The molecule has 8 nitrogen and oxygen atoms in total. The van der Waals surface area contributed by atoms with Crippen LogP contribution < -0.4 is 0 Å². The summed E-state index contributed by atoms with van der Waals surface area (Å²) in [5, 5.41) is 20.9. The van der Waals surface area contributed by atoms with Gasteiger partial charge in [-0.2, -0.15) is 0 Å². The second-order valence-corrected chi connectivity index (χ2v) is 5.73. The first-order valence-electron chi connectivity index (χ1n) is 8.13. The van der Waals surface area contributed by atoms with Crippen LogP contribution in [0.4, 0.5) is 5.82 Å². The van der Waals surface area contributed by atoms with Gasteiger partial charge in [0.1, 0.15) is 0 Å². The van der Waals surface area contributed by atoms with Gasteiger partial charge in [-0.3, -0.25) is 0 Å². The van der Waals surface area contributed by atoms with E-state index >= 15 is 0 Å². The third-order valence-corrected chi connectivity index (χ3v) is 3.89. The van der Waals surface area contributed by atoms with Gasteiger partial charge in [0.05, 0.1) is 13.7 Å². The molecule has 0 spiro atoms. The molecule has 0 saturated heterocycles. The van der Waals surface area contributed by atoms with E-state index in [2.05, 4.69) is 4.98 Å². The number of aromatic nitrogens is 2. The van der Waals surface area contributed by atoms with Crippen molar-refractivity contribution >= 4 is 23.9 Å². The van der Waals surface area contributed by atoms with Crippen LogP contribution in [0.15, 0.2) is 24.3 Å². The lowest BCUT2D eigenvalue weighted by atomic mass is 10.1. The normalized spacial score (nSPS) is 12.3. The maximum Gasteiger partial charge on any atom is 0.350 e. The highest BCUT2D eigenvalue weighted by atomic mass is 16.6. The molecule has 0 radical (unpaired) electrons. The quantitative estimate of drug-likeness (QED) is 0.462. The molecular weight excluding hydrogens is 338 g/mol. The molecule has 26 heavy (non-hydrogen) atoms. The van der Waals surface area contributed by atoms with Gasteiger partial charge >= 0.3 is 11.8 Å². The topological polar surface area (TPSA) is 107 Å². The fraction of sp³-hybridized carbons (Fsp3) is 0.333. The van der Waals surface area contributed by atoms with Crippen LogP contribution in [0.1, 0.15) is 29.6 Å². The molecule has 138 valence electrons. The highest BCUT2D eigenvalue weighted by Gasteiger charge is 2.20. The lowest BCUT2D eigenvalue weighted by molar-refractivity contribution is -0.392. The van der Waals surface area contributed by atoms with Gasteiger partial charge in [0, 0.05) is 13.3 Å². The molecule has 8 heteroatoms. The zero-order valence-corrected chi connectivity index (χ0v) is 14.9. The van der Waals surface area contributed by atoms with Crippen LogP contribution in [0, 0.1) is 17.0 Å². The number of aliphatic hydroxyl groups excluding tert-OH is 1. The van der Waals surface area contributed by atoms with E-state index in [1.807, 2.05) is 0 Å². The van der Waals surface area contributed by atoms with E-state index < -0.39 is 17.0 Å². The standard InChI is InChI=1S/C18H21N3O5/c1-4-26-18(23)16(22)11-14-7-5-13(6-8-14)9-10-15-17(21(24)25)20(3)12(2)19-15/h5-10,16,22H,4,11H2,1-3H3/b10-9+. The van der Waals surface area contributed by atoms with E-state index in [-0.39, 0.29) is 24.5 Å². The highest BCUT2D eigenvalue weighted by Crippen LogP contribution is 2.21. The molecule has 0 aliphatic heterocycles. The van der Waals surface area contributed by atoms with Crippen molar-refractivity contribution < 1.29 is 19.6 Å². The molecule has 0 bridgehead atoms. The smallest absolute Gasteiger partial charge is 0.350 e. The Labute approximate surface area is 150 Å². The Morgan fingerprint density at radius 2 is 2.04 bits per heavy atom. The Morgan fingerprint density at radius 3 is 2.62 bits per heavy atom. The van der Waals surface area contributed by atoms with Crippen molar-refractivity contribution in [2.45, 2.75) is 26.4 Å². The van der Waals surface area contributed by atoms with Crippen LogP contribution >= 0.6 is 0 Å². The molecule has 1 heterocycles. The van der Waals surface area contributed by atoms with Crippen molar-refractivity contribution in [3.8, 4) is 0 Å². The Bertz CT molecular complexity index is 824. The summed E-state index contributed by atoms with van der Waals surface area (Å²) in [7, 11) is 1.60. The fourth-order valence-corrected chi connectivity index (χ4v) is 2.44. The number of rotatable bonds is 7. The van der Waals surface area contributed by atoms with E-state index in [1.54, 1.807) is 57.3 Å². The fourth-order valence-electron chi connectivity index (χ4n) is 2.44. The first-order chi connectivity index (χ1) is 12.3. The van der Waals surface area contributed by atoms with Crippen molar-refractivity contribution in [1.82, 2.24) is 9.55 Å². The molecule has 0 aliphatic rings. The Balaban J connectivity index is 2.10. The number of benzene rings is 1. The number of nitrogens with zero attached hydrogens (tertiary/aromatic N) is 3. The summed E-state index contributed by atoms with van der Waals surface area (Å²) in [6, 6.07) is 7.15. The summed E-state index contributed by atoms with van der Waals surface area (Å²) in [5.41, 5.74) is 1.89. The Morgan fingerprint density at radius 1 is 1.38 bits per heavy atom. The molecule has 0 fully saturated rings. The average molecular weight is 359 g/mol. The summed E-state index contributed by atoms with van der Waals surface area (Å²) in [4.78, 5) is 26.3. The zero-order valence-electron chi connectivity index (χ0n) is 14.9. The predicted octanol–water partition coefficient (Wildman–Crippen LogP) is 2.27. The number of hydrogen-bond donors (Lipinski definition) is 1. The molecule has 1 atom stereocenters. The van der Waals surface area contributed by atoms with Gasteiger partial charge in [-0.15, -0.1) is 0 Å². The number of aliphatic hydroxyl groups is 1. The van der Waals surface area contributed by atoms with Crippen molar-refractivity contribution in [1.29, 1.82) is 0 Å². The molecule has 1 aromatic carbocycles. The second kappa shape index (κ2) is 8.39. The molecule has 1 unspecified atom stereocenters. The van der Waals surface area contributed by atoms with E-state index in [1.165, 1.54) is 4.57 Å². The van der Waals surface area contributed by atoms with Crippen LogP contribution in [-0.4, -0.2) is 38.3 Å². The van der Waals surface area contributed by atoms with Gasteiger partial charge in [0.15, 0.2) is 17.6 Å². The van der Waals surface area contributed by atoms with Crippen LogP contribution in [-0.2, 0) is 23.0 Å². The van der Waals surface area contributed by atoms with Crippen LogP contribution in [0.5, 0.6) is 0 Å². The van der Waals surface area contributed by atoms with Gasteiger partial charge in [0.2, 0.25) is 0 Å². The summed E-state index contributed by atoms with van der Waals surface area (Å²) in [6.45, 7) is 3.60. The Hall–Kier alpha value is -3.00. The minimum atomic E-state index is -1.20. The monoisotopic (exact) mass is 359 g/mol. The van der Waals surface area contributed by atoms with E-state index in [4.69, 9.17) is 4.74 Å². The number of carbonyl (C=O) groups excluding carboxylic acids is 1. The second-order valence-electron chi connectivity index (χ2n) is 5.73. The highest BCUT2D eigenvalue weighted by molar-refractivity contribution is 5.75. The SMILES string of the molecule is CCOC(=O)C(O)Cc1ccc(/C=C/c2nc(C)n(C)c2[N+](=O)[O-])cc1. The molecular formula is C18H21N3O5. The minimum absolute atomic E-state index is 0.0621. The van der Waals surface area contributed by atoms with Gasteiger partial charge in [0.25, 0.3) is 0 Å². The van der Waals surface area contributed by atoms with Crippen LogP contribution in [0.3, 0.4) is 0 Å². The van der Waals surface area contributed by atoms with Gasteiger partial charge in [-0.05, 0) is 29.0 Å². The first-order valence-corrected chi connectivity index (χ1v) is 8.13. The summed E-state index contributed by atoms with van der Waals surface area (Å²) in [6.07, 6.45) is 2.28. The molecule has 0 saturated carbocycles. The third kappa shape index (κ3) is 4.54. The van der Waals surface area contributed by atoms with E-state index in [0.29, 0.717) is 5.82 Å². The molecule has 2 aromatic rings. The number of aryl methyl sites for hydroxylation is 1. The largest absolute Gasteiger partial charge is 0.464 e. The number of imidazole rings is 1. The number of carbonyl (C=O) groups is 1. The number of hydrogen-bond acceptors (Lipinski definition) is 6. The summed E-state index contributed by atoms with van der Waals surface area (Å²) < 4.78 is 6.20. The number of esters is 1.